The van der Waals surface area contributed by atoms with Crippen LogP contribution in [0.1, 0.15) is 37.2 Å². The Morgan fingerprint density at radius 3 is 2.28 bits per heavy atom. The molecule has 2 nitrogen and oxygen atoms in total. The Labute approximate surface area is 104 Å². The number of alkyl halides is 3. The first kappa shape index (κ1) is 13.2. The zero-order valence-corrected chi connectivity index (χ0v) is 9.91. The summed E-state index contributed by atoms with van der Waals surface area (Å²) in [5.74, 6) is 0.0359. The van der Waals surface area contributed by atoms with Gasteiger partial charge in [0, 0.05) is 6.04 Å². The molecule has 0 aliphatic heterocycles. The second-order valence-corrected chi connectivity index (χ2v) is 4.70. The second-order valence-electron chi connectivity index (χ2n) is 4.70. The van der Waals surface area contributed by atoms with Crippen LogP contribution in [0.2, 0.25) is 0 Å². The van der Waals surface area contributed by atoms with Gasteiger partial charge in [-0.05, 0) is 43.2 Å². The van der Waals surface area contributed by atoms with Gasteiger partial charge in [-0.3, -0.25) is 0 Å². The molecule has 0 spiro atoms. The monoisotopic (exact) mass is 259 g/mol. The average molecular weight is 259 g/mol. The summed E-state index contributed by atoms with van der Waals surface area (Å²) in [6, 6.07) is 6.56. The molecule has 0 saturated heterocycles. The summed E-state index contributed by atoms with van der Waals surface area (Å²) < 4.78 is 41.0. The lowest BCUT2D eigenvalue weighted by molar-refractivity contribution is -0.275. The first-order chi connectivity index (χ1) is 8.46. The Kier molecular flexibility index (Phi) is 3.80. The number of rotatable bonds is 2. The van der Waals surface area contributed by atoms with Gasteiger partial charge in [-0.1, -0.05) is 18.2 Å². The van der Waals surface area contributed by atoms with Crippen LogP contribution in [0, 0.1) is 0 Å². The van der Waals surface area contributed by atoms with E-state index in [-0.39, 0.29) is 17.7 Å². The van der Waals surface area contributed by atoms with Crippen LogP contribution in [0.15, 0.2) is 24.3 Å². The van der Waals surface area contributed by atoms with Gasteiger partial charge in [0.25, 0.3) is 0 Å². The van der Waals surface area contributed by atoms with Gasteiger partial charge < -0.3 is 10.5 Å². The Morgan fingerprint density at radius 2 is 1.67 bits per heavy atom. The van der Waals surface area contributed by atoms with E-state index in [1.54, 1.807) is 18.2 Å². The number of halogens is 3. The highest BCUT2D eigenvalue weighted by Crippen LogP contribution is 2.38. The van der Waals surface area contributed by atoms with E-state index < -0.39 is 6.36 Å². The lowest BCUT2D eigenvalue weighted by atomic mass is 9.82. The van der Waals surface area contributed by atoms with Crippen molar-refractivity contribution in [2.75, 3.05) is 0 Å². The zero-order valence-electron chi connectivity index (χ0n) is 9.91. The van der Waals surface area contributed by atoms with Crippen molar-refractivity contribution in [1.29, 1.82) is 0 Å². The molecule has 0 aromatic heterocycles. The van der Waals surface area contributed by atoms with E-state index >= 15 is 0 Å². The molecular weight excluding hydrogens is 243 g/mol. The van der Waals surface area contributed by atoms with Gasteiger partial charge >= 0.3 is 6.36 Å². The van der Waals surface area contributed by atoms with Crippen LogP contribution in [-0.4, -0.2) is 12.4 Å². The Bertz CT molecular complexity index is 397. The molecule has 2 N–H and O–H groups in total. The maximum absolute atomic E-state index is 12.3. The molecule has 5 heteroatoms. The van der Waals surface area contributed by atoms with E-state index in [4.69, 9.17) is 5.73 Å². The third-order valence-electron chi connectivity index (χ3n) is 3.36. The van der Waals surface area contributed by atoms with Crippen molar-refractivity contribution in [3.8, 4) is 5.75 Å². The van der Waals surface area contributed by atoms with Gasteiger partial charge in [0.1, 0.15) is 5.75 Å². The first-order valence-electron chi connectivity index (χ1n) is 6.06. The van der Waals surface area contributed by atoms with Crippen LogP contribution >= 0.6 is 0 Å². The van der Waals surface area contributed by atoms with Crippen LogP contribution in [0.5, 0.6) is 5.75 Å². The Balaban J connectivity index is 2.17. The number of hydrogen-bond donors (Lipinski definition) is 1. The maximum atomic E-state index is 12.3. The van der Waals surface area contributed by atoms with Crippen LogP contribution in [0.4, 0.5) is 13.2 Å². The van der Waals surface area contributed by atoms with Gasteiger partial charge in [-0.15, -0.1) is 13.2 Å². The smallest absolute Gasteiger partial charge is 0.405 e. The quantitative estimate of drug-likeness (QED) is 0.881. The van der Waals surface area contributed by atoms with E-state index in [2.05, 4.69) is 4.74 Å². The number of benzene rings is 1. The van der Waals surface area contributed by atoms with Crippen molar-refractivity contribution < 1.29 is 17.9 Å². The molecular formula is C13H16F3NO. The lowest BCUT2D eigenvalue weighted by Crippen LogP contribution is -2.26. The third kappa shape index (κ3) is 3.38. The molecule has 0 amide bonds. The van der Waals surface area contributed by atoms with E-state index in [1.165, 1.54) is 6.07 Å². The summed E-state index contributed by atoms with van der Waals surface area (Å²) in [6.45, 7) is 0. The zero-order chi connectivity index (χ0) is 13.2. The molecule has 2 rings (SSSR count). The minimum absolute atomic E-state index is 0.0783. The second kappa shape index (κ2) is 5.18. The Morgan fingerprint density at radius 1 is 1.06 bits per heavy atom. The minimum atomic E-state index is -4.64. The van der Waals surface area contributed by atoms with Crippen LogP contribution in [0.3, 0.4) is 0 Å². The summed E-state index contributed by atoms with van der Waals surface area (Å²) in [5, 5.41) is 0. The fraction of sp³-hybridized carbons (Fsp3) is 0.538. The topological polar surface area (TPSA) is 35.2 Å². The van der Waals surface area contributed by atoms with E-state index in [1.807, 2.05) is 0 Å². The molecule has 0 atom stereocenters. The molecule has 0 unspecified atom stereocenters. The van der Waals surface area contributed by atoms with E-state index in [0.717, 1.165) is 25.7 Å². The number of nitrogens with two attached hydrogens (primary N) is 1. The van der Waals surface area contributed by atoms with Gasteiger partial charge in [-0.2, -0.15) is 0 Å². The van der Waals surface area contributed by atoms with E-state index in [9.17, 15) is 13.2 Å². The normalized spacial score (nSPS) is 24.9. The van der Waals surface area contributed by atoms with Crippen molar-refractivity contribution in [3.05, 3.63) is 29.8 Å². The highest BCUT2D eigenvalue weighted by atomic mass is 19.4. The molecule has 1 aromatic carbocycles. The van der Waals surface area contributed by atoms with Crippen molar-refractivity contribution in [2.24, 2.45) is 5.73 Å². The minimum Gasteiger partial charge on any atom is -0.405 e. The summed E-state index contributed by atoms with van der Waals surface area (Å²) in [6.07, 6.45) is -1.30. The fourth-order valence-corrected chi connectivity index (χ4v) is 2.47. The summed E-state index contributed by atoms with van der Waals surface area (Å²) >= 11 is 0. The molecule has 100 valence electrons. The fourth-order valence-electron chi connectivity index (χ4n) is 2.47. The standard InChI is InChI=1S/C13H16F3NO/c14-13(15,16)18-12-4-2-1-3-11(12)9-5-7-10(17)8-6-9/h1-4,9-10H,5-8,17H2. The summed E-state index contributed by atoms with van der Waals surface area (Å²) in [7, 11) is 0. The predicted octanol–water partition coefficient (Wildman–Crippen LogP) is 3.57. The number of para-hydroxylation sites is 1. The lowest BCUT2D eigenvalue weighted by Gasteiger charge is -2.27. The first-order valence-corrected chi connectivity index (χ1v) is 6.06. The third-order valence-corrected chi connectivity index (χ3v) is 3.36. The molecule has 18 heavy (non-hydrogen) atoms. The van der Waals surface area contributed by atoms with Gasteiger partial charge in [0.2, 0.25) is 0 Å². The van der Waals surface area contributed by atoms with Crippen molar-refractivity contribution in [1.82, 2.24) is 0 Å². The highest BCUT2D eigenvalue weighted by molar-refractivity contribution is 5.36. The van der Waals surface area contributed by atoms with Gasteiger partial charge in [-0.25, -0.2) is 0 Å². The van der Waals surface area contributed by atoms with Crippen molar-refractivity contribution >= 4 is 0 Å². The highest BCUT2D eigenvalue weighted by Gasteiger charge is 2.33. The molecule has 0 heterocycles. The molecule has 1 fully saturated rings. The summed E-state index contributed by atoms with van der Waals surface area (Å²) in [5.41, 5.74) is 6.44. The van der Waals surface area contributed by atoms with Crippen LogP contribution in [-0.2, 0) is 0 Å². The van der Waals surface area contributed by atoms with Crippen molar-refractivity contribution in [2.45, 2.75) is 44.0 Å². The maximum Gasteiger partial charge on any atom is 0.573 e. The van der Waals surface area contributed by atoms with Gasteiger partial charge in [0.05, 0.1) is 0 Å². The van der Waals surface area contributed by atoms with Crippen molar-refractivity contribution in [3.63, 3.8) is 0 Å². The molecule has 0 bridgehead atoms. The van der Waals surface area contributed by atoms with Crippen LogP contribution < -0.4 is 10.5 Å². The average Bonchev–Trinajstić information content (AvgIpc) is 2.29. The van der Waals surface area contributed by atoms with Crippen LogP contribution in [0.25, 0.3) is 0 Å². The van der Waals surface area contributed by atoms with E-state index in [0.29, 0.717) is 5.56 Å². The number of hydrogen-bond acceptors (Lipinski definition) is 2. The molecule has 0 radical (unpaired) electrons. The molecule has 1 aliphatic carbocycles. The molecule has 1 saturated carbocycles. The summed E-state index contributed by atoms with van der Waals surface area (Å²) in [4.78, 5) is 0. The molecule has 1 aliphatic rings. The van der Waals surface area contributed by atoms with Gasteiger partial charge in [0.15, 0.2) is 0 Å². The predicted molar refractivity (Wildman–Crippen MR) is 62.3 cm³/mol. The largest absolute Gasteiger partial charge is 0.573 e. The number of ether oxygens (including phenoxy) is 1. The Hall–Kier alpha value is -1.23. The SMILES string of the molecule is NC1CCC(c2ccccc2OC(F)(F)F)CC1. The molecule has 1 aromatic rings.